The van der Waals surface area contributed by atoms with Gasteiger partial charge in [0.15, 0.2) is 0 Å². The second-order valence-electron chi connectivity index (χ2n) is 4.88. The minimum atomic E-state index is 0.824. The first-order valence-electron chi connectivity index (χ1n) is 6.03. The van der Waals surface area contributed by atoms with Crippen molar-refractivity contribution >= 4 is 10.2 Å². The van der Waals surface area contributed by atoms with E-state index < -0.39 is 0 Å². The molecule has 3 radical (unpaired) electrons. The fourth-order valence-corrected chi connectivity index (χ4v) is 2.74. The lowest BCUT2D eigenvalue weighted by atomic mass is 9.79. The van der Waals surface area contributed by atoms with Crippen LogP contribution in [0, 0.1) is 5.92 Å². The second-order valence-corrected chi connectivity index (χ2v) is 5.23. The molecule has 1 aliphatic rings. The molecule has 2 rings (SSSR count). The van der Waals surface area contributed by atoms with Crippen molar-refractivity contribution in [3.63, 3.8) is 0 Å². The van der Waals surface area contributed by atoms with E-state index in [0.717, 1.165) is 17.9 Å². The minimum Gasteiger partial charge on any atom is -0.0625 e. The Morgan fingerprint density at radius 3 is 2.20 bits per heavy atom. The van der Waals surface area contributed by atoms with Gasteiger partial charge < -0.3 is 0 Å². The molecule has 0 bridgehead atoms. The maximum atomic E-state index is 3.53. The Balaban J connectivity index is 2.03. The van der Waals surface area contributed by atoms with E-state index >= 15 is 0 Å². The van der Waals surface area contributed by atoms with Crippen molar-refractivity contribution in [2.45, 2.75) is 44.6 Å². The molecule has 15 heavy (non-hydrogen) atoms. The summed E-state index contributed by atoms with van der Waals surface area (Å²) in [6.45, 7) is 2.38. The lowest BCUT2D eigenvalue weighted by molar-refractivity contribution is 0.348. The largest absolute Gasteiger partial charge is 0.0625 e. The second kappa shape index (κ2) is 4.98. The van der Waals surface area contributed by atoms with E-state index in [4.69, 9.17) is 0 Å². The van der Waals surface area contributed by atoms with Gasteiger partial charge in [0.2, 0.25) is 0 Å². The van der Waals surface area contributed by atoms with Crippen LogP contribution in [0.5, 0.6) is 0 Å². The standard InChI is InChI=1S/C14H19Si/c1-11-2-6-13(7-3-11)14-8-4-12(10-15)5-9-14/h4-5,8-9,11,13H,2-3,6-7,10H2,1H3. The number of hydrogen-bond acceptors (Lipinski definition) is 0. The van der Waals surface area contributed by atoms with Crippen LogP contribution < -0.4 is 0 Å². The van der Waals surface area contributed by atoms with Crippen molar-refractivity contribution in [1.82, 2.24) is 0 Å². The average molecular weight is 215 g/mol. The summed E-state index contributed by atoms with van der Waals surface area (Å²) < 4.78 is 0. The molecule has 0 aliphatic heterocycles. The Morgan fingerprint density at radius 1 is 1.07 bits per heavy atom. The fourth-order valence-electron chi connectivity index (χ4n) is 2.50. The predicted octanol–water partition coefficient (Wildman–Crippen LogP) is 3.65. The Morgan fingerprint density at radius 2 is 1.67 bits per heavy atom. The van der Waals surface area contributed by atoms with E-state index in [9.17, 15) is 0 Å². The zero-order valence-corrected chi connectivity index (χ0v) is 10.5. The van der Waals surface area contributed by atoms with Crippen molar-refractivity contribution < 1.29 is 0 Å². The summed E-state index contributed by atoms with van der Waals surface area (Å²) in [7, 11) is 3.53. The van der Waals surface area contributed by atoms with Crippen LogP contribution in [0.1, 0.15) is 49.7 Å². The highest BCUT2D eigenvalue weighted by atomic mass is 28.1. The van der Waals surface area contributed by atoms with Crippen molar-refractivity contribution in [2.24, 2.45) is 5.92 Å². The molecule has 79 valence electrons. The third-order valence-electron chi connectivity index (χ3n) is 3.67. The predicted molar refractivity (Wildman–Crippen MR) is 66.3 cm³/mol. The van der Waals surface area contributed by atoms with Crippen LogP contribution in [0.4, 0.5) is 0 Å². The molecule has 1 aromatic rings. The van der Waals surface area contributed by atoms with Crippen LogP contribution in [0.3, 0.4) is 0 Å². The minimum absolute atomic E-state index is 0.824. The fraction of sp³-hybridized carbons (Fsp3) is 0.571. The Bertz CT molecular complexity index is 294. The van der Waals surface area contributed by atoms with Crippen LogP contribution in [0.25, 0.3) is 0 Å². The molecule has 1 fully saturated rings. The van der Waals surface area contributed by atoms with Gasteiger partial charge in [-0.25, -0.2) is 0 Å². The van der Waals surface area contributed by atoms with Gasteiger partial charge in [0.25, 0.3) is 0 Å². The third kappa shape index (κ3) is 2.72. The van der Waals surface area contributed by atoms with Crippen molar-refractivity contribution in [3.8, 4) is 0 Å². The Hall–Kier alpha value is -0.563. The van der Waals surface area contributed by atoms with Gasteiger partial charge in [0, 0.05) is 10.2 Å². The summed E-state index contributed by atoms with van der Waals surface area (Å²) in [5, 5.41) is 0. The van der Waals surface area contributed by atoms with Gasteiger partial charge in [0.05, 0.1) is 0 Å². The van der Waals surface area contributed by atoms with Crippen LogP contribution in [-0.2, 0) is 6.04 Å². The summed E-state index contributed by atoms with van der Waals surface area (Å²) in [5.74, 6) is 1.77. The van der Waals surface area contributed by atoms with Gasteiger partial charge in [-0.15, -0.1) is 0 Å². The van der Waals surface area contributed by atoms with Gasteiger partial charge in [-0.1, -0.05) is 49.6 Å². The zero-order chi connectivity index (χ0) is 10.7. The van der Waals surface area contributed by atoms with Crippen LogP contribution >= 0.6 is 0 Å². The third-order valence-corrected chi connectivity index (χ3v) is 4.08. The van der Waals surface area contributed by atoms with E-state index in [0.29, 0.717) is 0 Å². The van der Waals surface area contributed by atoms with Crippen molar-refractivity contribution in [3.05, 3.63) is 35.4 Å². The first-order chi connectivity index (χ1) is 7.29. The Kier molecular flexibility index (Phi) is 3.63. The van der Waals surface area contributed by atoms with E-state index in [1.54, 1.807) is 5.56 Å². The lowest BCUT2D eigenvalue weighted by Crippen LogP contribution is -2.10. The lowest BCUT2D eigenvalue weighted by Gasteiger charge is -2.26. The van der Waals surface area contributed by atoms with Crippen LogP contribution in [-0.4, -0.2) is 10.2 Å². The maximum absolute atomic E-state index is 3.53. The first-order valence-corrected chi connectivity index (χ1v) is 6.73. The van der Waals surface area contributed by atoms with Gasteiger partial charge in [-0.3, -0.25) is 0 Å². The van der Waals surface area contributed by atoms with Crippen LogP contribution in [0.15, 0.2) is 24.3 Å². The molecule has 0 atom stereocenters. The SMILES string of the molecule is CC1CCC(c2ccc(C[Si])cc2)CC1. The van der Waals surface area contributed by atoms with Crippen molar-refractivity contribution in [1.29, 1.82) is 0 Å². The first kappa shape index (κ1) is 10.9. The quantitative estimate of drug-likeness (QED) is 0.661. The molecular formula is C14H19Si. The molecule has 0 spiro atoms. The average Bonchev–Trinajstić information content (AvgIpc) is 2.30. The maximum Gasteiger partial charge on any atom is 0.0283 e. The summed E-state index contributed by atoms with van der Waals surface area (Å²) in [5.41, 5.74) is 2.92. The molecule has 0 aromatic heterocycles. The molecule has 0 amide bonds. The summed E-state index contributed by atoms with van der Waals surface area (Å²) in [4.78, 5) is 0. The van der Waals surface area contributed by atoms with E-state index in [1.165, 1.54) is 31.2 Å². The molecule has 1 aliphatic carbocycles. The molecule has 1 saturated carbocycles. The van der Waals surface area contributed by atoms with Gasteiger partial charge >= 0.3 is 0 Å². The monoisotopic (exact) mass is 215 g/mol. The van der Waals surface area contributed by atoms with Crippen LogP contribution in [0.2, 0.25) is 0 Å². The van der Waals surface area contributed by atoms with E-state index in [1.807, 2.05) is 0 Å². The highest BCUT2D eigenvalue weighted by Gasteiger charge is 2.19. The van der Waals surface area contributed by atoms with Crippen molar-refractivity contribution in [2.75, 3.05) is 0 Å². The molecule has 0 N–H and O–H groups in total. The number of rotatable bonds is 2. The van der Waals surface area contributed by atoms with Gasteiger partial charge in [-0.05, 0) is 36.3 Å². The Labute approximate surface area is 96.5 Å². The van der Waals surface area contributed by atoms with Gasteiger partial charge in [0.1, 0.15) is 0 Å². The molecule has 0 saturated heterocycles. The van der Waals surface area contributed by atoms with E-state index in [-0.39, 0.29) is 0 Å². The van der Waals surface area contributed by atoms with Gasteiger partial charge in [-0.2, -0.15) is 0 Å². The zero-order valence-electron chi connectivity index (χ0n) is 9.50. The highest BCUT2D eigenvalue weighted by molar-refractivity contribution is 6.08. The molecule has 0 heterocycles. The molecule has 1 aromatic carbocycles. The number of benzene rings is 1. The summed E-state index contributed by atoms with van der Waals surface area (Å²) in [6.07, 6.45) is 5.58. The molecule has 1 heteroatoms. The molecular weight excluding hydrogens is 196 g/mol. The molecule has 0 nitrogen and oxygen atoms in total. The number of hydrogen-bond donors (Lipinski definition) is 0. The highest BCUT2D eigenvalue weighted by Crippen LogP contribution is 2.35. The van der Waals surface area contributed by atoms with E-state index in [2.05, 4.69) is 41.4 Å². The normalized spacial score (nSPS) is 26.5. The smallest absolute Gasteiger partial charge is 0.0283 e. The summed E-state index contributed by atoms with van der Waals surface area (Å²) in [6, 6.07) is 10.1. The summed E-state index contributed by atoms with van der Waals surface area (Å²) >= 11 is 0. The topological polar surface area (TPSA) is 0 Å². The molecule has 0 unspecified atom stereocenters.